The van der Waals surface area contributed by atoms with E-state index in [1.807, 2.05) is 45.9 Å². The number of fused-ring (bicyclic) bond motifs is 1. The van der Waals surface area contributed by atoms with Crippen LogP contribution < -0.4 is 11.1 Å². The van der Waals surface area contributed by atoms with E-state index in [0.717, 1.165) is 11.1 Å². The molecule has 1 aliphatic rings. The van der Waals surface area contributed by atoms with Gasteiger partial charge in [-0.2, -0.15) is 0 Å². The lowest BCUT2D eigenvalue weighted by Gasteiger charge is -2.39. The molecule has 224 valence electrons. The second-order valence-corrected chi connectivity index (χ2v) is 12.8. The zero-order valence-electron chi connectivity index (χ0n) is 24.3. The number of carbonyl (C=O) groups excluding carboxylic acids is 1. The summed E-state index contributed by atoms with van der Waals surface area (Å²) in [4.78, 5) is 41.8. The molecular weight excluding hydrogens is 609 g/mol. The molecule has 5 rings (SSSR count). The zero-order chi connectivity index (χ0) is 31.3. The molecule has 0 unspecified atom stereocenters. The Morgan fingerprint density at radius 3 is 2.07 bits per heavy atom. The number of aromatic nitrogens is 2. The molecule has 1 amide bonds. The van der Waals surface area contributed by atoms with Crippen LogP contribution in [0.15, 0.2) is 64.7 Å². The van der Waals surface area contributed by atoms with Crippen molar-refractivity contribution in [3.05, 3.63) is 102 Å². The summed E-state index contributed by atoms with van der Waals surface area (Å²) in [6, 6.07) is 12.2. The Labute approximate surface area is 264 Å². The number of phenolic OH excluding ortho intramolecular Hbond substituents is 1. The molecule has 1 N–H and O–H groups in total. The lowest BCUT2D eigenvalue weighted by atomic mass is 9.92. The van der Waals surface area contributed by atoms with E-state index >= 15 is 0 Å². The van der Waals surface area contributed by atoms with Gasteiger partial charge in [0.25, 0.3) is 0 Å². The summed E-state index contributed by atoms with van der Waals surface area (Å²) in [7, 11) is 0. The first-order chi connectivity index (χ1) is 20.3. The standard InChI is InChI=1S/C33H32Cl3N3O4/c1-6-30(41)37-14-19(15-37)16-38-27-13-25(35)22(23-11-29(40)26(36)12-24(23)34)10-28(27)39(33(43)32(38)42)31-20(17(2)3)8-7-9-21(31)18(4)5/h6-13,17-19,40H,1,14-16H2,2-5H3. The molecule has 2 heterocycles. The number of phenols is 1. The largest absolute Gasteiger partial charge is 0.506 e. The molecule has 43 heavy (non-hydrogen) atoms. The van der Waals surface area contributed by atoms with Crippen LogP contribution >= 0.6 is 34.8 Å². The molecule has 1 aliphatic heterocycles. The highest BCUT2D eigenvalue weighted by Gasteiger charge is 2.31. The van der Waals surface area contributed by atoms with Crippen molar-refractivity contribution in [3.63, 3.8) is 0 Å². The smallest absolute Gasteiger partial charge is 0.321 e. The third-order valence-corrected chi connectivity index (χ3v) is 8.93. The Balaban J connectivity index is 1.85. The first-order valence-electron chi connectivity index (χ1n) is 14.1. The second kappa shape index (κ2) is 11.9. The number of nitrogens with zero attached hydrogens (tertiary/aromatic N) is 3. The minimum atomic E-state index is -0.695. The molecule has 4 aromatic rings. The molecule has 1 saturated heterocycles. The molecule has 0 atom stereocenters. The van der Waals surface area contributed by atoms with Crippen molar-refractivity contribution in [3.8, 4) is 22.6 Å². The monoisotopic (exact) mass is 639 g/mol. The molecule has 7 nitrogen and oxygen atoms in total. The van der Waals surface area contributed by atoms with Crippen LogP contribution in [-0.4, -0.2) is 38.1 Å². The van der Waals surface area contributed by atoms with Crippen LogP contribution in [0.1, 0.15) is 50.7 Å². The molecule has 0 saturated carbocycles. The fraction of sp³-hybridized carbons (Fsp3) is 0.303. The topological polar surface area (TPSA) is 84.5 Å². The number of aromatic hydroxyl groups is 1. The zero-order valence-corrected chi connectivity index (χ0v) is 26.6. The molecule has 1 aromatic heterocycles. The number of carbonyl (C=O) groups is 1. The van der Waals surface area contributed by atoms with Gasteiger partial charge in [-0.1, -0.05) is 87.3 Å². The van der Waals surface area contributed by atoms with Gasteiger partial charge in [0.1, 0.15) is 5.75 Å². The van der Waals surface area contributed by atoms with Crippen molar-refractivity contribution in [1.29, 1.82) is 0 Å². The van der Waals surface area contributed by atoms with E-state index in [-0.39, 0.29) is 51.0 Å². The molecular formula is C33H32Cl3N3O4. The third-order valence-electron chi connectivity index (χ3n) is 8.00. The van der Waals surface area contributed by atoms with Crippen LogP contribution in [0.4, 0.5) is 0 Å². The maximum Gasteiger partial charge on any atom is 0.321 e. The maximum absolute atomic E-state index is 14.2. The summed E-state index contributed by atoms with van der Waals surface area (Å²) in [5, 5.41) is 11.0. The minimum absolute atomic E-state index is 0.0321. The Morgan fingerprint density at radius 1 is 0.907 bits per heavy atom. The molecule has 0 spiro atoms. The normalized spacial score (nSPS) is 13.7. The lowest BCUT2D eigenvalue weighted by molar-refractivity contribution is -0.132. The van der Waals surface area contributed by atoms with Gasteiger partial charge in [-0.3, -0.25) is 19.0 Å². The predicted molar refractivity (Wildman–Crippen MR) is 174 cm³/mol. The van der Waals surface area contributed by atoms with Gasteiger partial charge in [-0.15, -0.1) is 0 Å². The van der Waals surface area contributed by atoms with Gasteiger partial charge < -0.3 is 14.6 Å². The van der Waals surface area contributed by atoms with Crippen molar-refractivity contribution in [1.82, 2.24) is 14.0 Å². The molecule has 0 bridgehead atoms. The Hall–Kier alpha value is -3.52. The average molecular weight is 641 g/mol. The van der Waals surface area contributed by atoms with Gasteiger partial charge in [0.2, 0.25) is 5.91 Å². The van der Waals surface area contributed by atoms with E-state index in [1.54, 1.807) is 17.0 Å². The van der Waals surface area contributed by atoms with E-state index in [4.69, 9.17) is 34.8 Å². The van der Waals surface area contributed by atoms with Gasteiger partial charge >= 0.3 is 11.1 Å². The number of amides is 1. The third kappa shape index (κ3) is 5.50. The van der Waals surface area contributed by atoms with E-state index in [9.17, 15) is 19.5 Å². The number of likely N-dealkylation sites (tertiary alicyclic amines) is 1. The van der Waals surface area contributed by atoms with Gasteiger partial charge in [-0.05, 0) is 53.3 Å². The van der Waals surface area contributed by atoms with Crippen molar-refractivity contribution >= 4 is 51.7 Å². The summed E-state index contributed by atoms with van der Waals surface area (Å²) in [5.74, 6) is -0.274. The predicted octanol–water partition coefficient (Wildman–Crippen LogP) is 7.38. The van der Waals surface area contributed by atoms with E-state index in [0.29, 0.717) is 40.9 Å². The highest BCUT2D eigenvalue weighted by molar-refractivity contribution is 6.39. The van der Waals surface area contributed by atoms with Crippen LogP contribution in [0, 0.1) is 5.92 Å². The van der Waals surface area contributed by atoms with Crippen LogP contribution in [0.5, 0.6) is 5.75 Å². The summed E-state index contributed by atoms with van der Waals surface area (Å²) >= 11 is 19.5. The minimum Gasteiger partial charge on any atom is -0.506 e. The number of rotatable bonds is 7. The van der Waals surface area contributed by atoms with E-state index in [1.165, 1.54) is 27.3 Å². The van der Waals surface area contributed by atoms with E-state index < -0.39 is 11.1 Å². The number of benzene rings is 3. The van der Waals surface area contributed by atoms with Crippen LogP contribution in [0.2, 0.25) is 15.1 Å². The molecule has 0 radical (unpaired) electrons. The van der Waals surface area contributed by atoms with Gasteiger partial charge in [0.15, 0.2) is 0 Å². The first-order valence-corrected chi connectivity index (χ1v) is 15.2. The van der Waals surface area contributed by atoms with Crippen molar-refractivity contribution < 1.29 is 9.90 Å². The number of halogens is 3. The quantitative estimate of drug-likeness (QED) is 0.169. The summed E-state index contributed by atoms with van der Waals surface area (Å²) < 4.78 is 2.95. The number of hydrogen-bond acceptors (Lipinski definition) is 4. The SMILES string of the molecule is C=CC(=O)N1CC(Cn2c(=O)c(=O)n(-c3c(C(C)C)cccc3C(C)C)c3cc(-c4cc(O)c(Cl)cc4Cl)c(Cl)cc32)C1. The lowest BCUT2D eigenvalue weighted by Crippen LogP contribution is -2.52. The Morgan fingerprint density at radius 2 is 1.49 bits per heavy atom. The van der Waals surface area contributed by atoms with Crippen molar-refractivity contribution in [2.45, 2.75) is 46.1 Å². The fourth-order valence-electron chi connectivity index (χ4n) is 5.75. The fourth-order valence-corrected chi connectivity index (χ4v) is 6.50. The summed E-state index contributed by atoms with van der Waals surface area (Å²) in [6.45, 7) is 12.8. The molecule has 1 fully saturated rings. The Kier molecular flexibility index (Phi) is 8.54. The van der Waals surface area contributed by atoms with Gasteiger partial charge in [-0.25, -0.2) is 0 Å². The van der Waals surface area contributed by atoms with E-state index in [2.05, 4.69) is 6.58 Å². The molecule has 3 aromatic carbocycles. The number of para-hydroxylation sites is 1. The summed E-state index contributed by atoms with van der Waals surface area (Å²) in [6.07, 6.45) is 1.26. The summed E-state index contributed by atoms with van der Waals surface area (Å²) in [5.41, 5.74) is 2.94. The van der Waals surface area contributed by atoms with Crippen molar-refractivity contribution in [2.24, 2.45) is 5.92 Å². The number of hydrogen-bond donors (Lipinski definition) is 1. The van der Waals surface area contributed by atoms with Crippen LogP contribution in [0.3, 0.4) is 0 Å². The highest BCUT2D eigenvalue weighted by Crippen LogP contribution is 2.41. The molecule has 10 heteroatoms. The highest BCUT2D eigenvalue weighted by atomic mass is 35.5. The second-order valence-electron chi connectivity index (χ2n) is 11.6. The first kappa shape index (κ1) is 30.9. The van der Waals surface area contributed by atoms with Crippen LogP contribution in [-0.2, 0) is 11.3 Å². The Bertz CT molecular complexity index is 1880. The van der Waals surface area contributed by atoms with Crippen molar-refractivity contribution in [2.75, 3.05) is 13.1 Å². The average Bonchev–Trinajstić information content (AvgIpc) is 2.93. The van der Waals surface area contributed by atoms with Crippen LogP contribution in [0.25, 0.3) is 27.8 Å². The maximum atomic E-state index is 14.2. The van der Waals surface area contributed by atoms with Gasteiger partial charge in [0.05, 0.1) is 31.8 Å². The molecule has 0 aliphatic carbocycles. The van der Waals surface area contributed by atoms with Gasteiger partial charge in [0, 0.05) is 36.7 Å².